The number of rotatable bonds is 7. The molecule has 0 radical (unpaired) electrons. The maximum absolute atomic E-state index is 11.8. The third kappa shape index (κ3) is 6.55. The van der Waals surface area contributed by atoms with Gasteiger partial charge < -0.3 is 22.1 Å². The lowest BCUT2D eigenvalue weighted by Gasteiger charge is -2.11. The maximum atomic E-state index is 11.8. The van der Waals surface area contributed by atoms with E-state index >= 15 is 0 Å². The molecule has 0 saturated heterocycles. The van der Waals surface area contributed by atoms with Crippen molar-refractivity contribution >= 4 is 35.8 Å². The van der Waals surface area contributed by atoms with E-state index in [9.17, 15) is 14.4 Å². The van der Waals surface area contributed by atoms with Crippen molar-refractivity contribution in [1.82, 2.24) is 5.32 Å². The molecule has 7 nitrogen and oxygen atoms in total. The molecule has 1 aromatic carbocycles. The van der Waals surface area contributed by atoms with Crippen LogP contribution in [0, 0.1) is 0 Å². The Bertz CT molecular complexity index is 537. The van der Waals surface area contributed by atoms with Gasteiger partial charge in [-0.05, 0) is 24.6 Å². The topological polar surface area (TPSA) is 127 Å². The van der Waals surface area contributed by atoms with E-state index in [2.05, 4.69) is 10.6 Å². The highest BCUT2D eigenvalue weighted by Crippen LogP contribution is 2.11. The molecule has 0 spiro atoms. The first-order chi connectivity index (χ1) is 9.93. The van der Waals surface area contributed by atoms with Crippen LogP contribution in [0.3, 0.4) is 0 Å². The molecule has 122 valence electrons. The van der Waals surface area contributed by atoms with E-state index in [1.54, 1.807) is 24.3 Å². The summed E-state index contributed by atoms with van der Waals surface area (Å²) in [6.45, 7) is 2.54. The zero-order chi connectivity index (χ0) is 15.8. The molecule has 0 saturated carbocycles. The molecule has 0 aliphatic rings. The Hall–Kier alpha value is -2.12. The van der Waals surface area contributed by atoms with Gasteiger partial charge in [0, 0.05) is 17.8 Å². The minimum absolute atomic E-state index is 0. The van der Waals surface area contributed by atoms with E-state index in [1.807, 2.05) is 6.92 Å². The third-order valence-corrected chi connectivity index (χ3v) is 2.69. The highest BCUT2D eigenvalue weighted by Gasteiger charge is 2.16. The number of primary amides is 1. The van der Waals surface area contributed by atoms with Crippen molar-refractivity contribution in [1.29, 1.82) is 0 Å². The number of hydrogen-bond acceptors (Lipinski definition) is 4. The Morgan fingerprint density at radius 1 is 1.27 bits per heavy atom. The van der Waals surface area contributed by atoms with E-state index in [-0.39, 0.29) is 24.7 Å². The van der Waals surface area contributed by atoms with Gasteiger partial charge in [0.25, 0.3) is 5.91 Å². The fourth-order valence-electron chi connectivity index (χ4n) is 1.62. The molecular weight excluding hydrogens is 308 g/mol. The molecule has 3 amide bonds. The van der Waals surface area contributed by atoms with Crippen LogP contribution in [0.2, 0.25) is 0 Å². The summed E-state index contributed by atoms with van der Waals surface area (Å²) in [7, 11) is 0. The molecule has 1 aromatic rings. The number of nitrogens with one attached hydrogen (secondary N) is 2. The van der Waals surface area contributed by atoms with Crippen molar-refractivity contribution in [2.45, 2.75) is 25.8 Å². The van der Waals surface area contributed by atoms with Crippen molar-refractivity contribution in [3.8, 4) is 0 Å². The van der Waals surface area contributed by atoms with Crippen LogP contribution in [0.5, 0.6) is 0 Å². The summed E-state index contributed by atoms with van der Waals surface area (Å²) in [5, 5.41) is 5.29. The largest absolute Gasteiger partial charge is 0.370 e. The van der Waals surface area contributed by atoms with E-state index in [0.717, 1.165) is 6.42 Å². The van der Waals surface area contributed by atoms with E-state index < -0.39 is 17.9 Å². The molecule has 0 aromatic heterocycles. The number of halogens is 1. The van der Waals surface area contributed by atoms with Gasteiger partial charge in [0.15, 0.2) is 0 Å². The standard InChI is InChI=1S/C14H20N4O3.ClH/c1-2-6-17-13(20)9-4-3-5-10(7-9)18-14(21)11(15)8-12(16)19;/h3-5,7,11H,2,6,8,15H2,1H3,(H2,16,19)(H,17,20)(H,18,21);1H. The van der Waals surface area contributed by atoms with E-state index in [0.29, 0.717) is 17.8 Å². The lowest BCUT2D eigenvalue weighted by molar-refractivity contribution is -0.123. The molecular formula is C14H21ClN4O3. The molecule has 1 atom stereocenters. The van der Waals surface area contributed by atoms with Crippen molar-refractivity contribution in [2.24, 2.45) is 11.5 Å². The number of carbonyl (C=O) groups excluding carboxylic acids is 3. The van der Waals surface area contributed by atoms with E-state index in [1.165, 1.54) is 0 Å². The second kappa shape index (κ2) is 9.75. The van der Waals surface area contributed by atoms with Crippen molar-refractivity contribution < 1.29 is 14.4 Å². The van der Waals surface area contributed by atoms with Gasteiger partial charge in [-0.2, -0.15) is 0 Å². The summed E-state index contributed by atoms with van der Waals surface area (Å²) in [6, 6.07) is 5.45. The lowest BCUT2D eigenvalue weighted by atomic mass is 10.1. The number of amides is 3. The van der Waals surface area contributed by atoms with Crippen LogP contribution in [-0.2, 0) is 9.59 Å². The second-order valence-electron chi connectivity index (χ2n) is 4.60. The molecule has 8 heteroatoms. The minimum atomic E-state index is -1.01. The Morgan fingerprint density at radius 2 is 1.95 bits per heavy atom. The van der Waals surface area contributed by atoms with Crippen molar-refractivity contribution in [3.05, 3.63) is 29.8 Å². The van der Waals surface area contributed by atoms with Gasteiger partial charge in [0.1, 0.15) is 0 Å². The van der Waals surface area contributed by atoms with Gasteiger partial charge in [0.2, 0.25) is 11.8 Å². The molecule has 0 bridgehead atoms. The number of benzene rings is 1. The zero-order valence-corrected chi connectivity index (χ0v) is 13.1. The average Bonchev–Trinajstić information content (AvgIpc) is 2.44. The summed E-state index contributed by atoms with van der Waals surface area (Å²) >= 11 is 0. The smallest absolute Gasteiger partial charge is 0.251 e. The van der Waals surface area contributed by atoms with Gasteiger partial charge in [-0.3, -0.25) is 14.4 Å². The first kappa shape index (κ1) is 19.9. The molecule has 6 N–H and O–H groups in total. The average molecular weight is 329 g/mol. The van der Waals surface area contributed by atoms with Gasteiger partial charge in [0.05, 0.1) is 12.5 Å². The van der Waals surface area contributed by atoms with Gasteiger partial charge in [-0.1, -0.05) is 13.0 Å². The first-order valence-electron chi connectivity index (χ1n) is 6.67. The first-order valence-corrected chi connectivity index (χ1v) is 6.67. The maximum Gasteiger partial charge on any atom is 0.251 e. The molecule has 1 rings (SSSR count). The monoisotopic (exact) mass is 328 g/mol. The van der Waals surface area contributed by atoms with Crippen LogP contribution in [0.4, 0.5) is 5.69 Å². The van der Waals surface area contributed by atoms with E-state index in [4.69, 9.17) is 11.5 Å². The Morgan fingerprint density at radius 3 is 2.55 bits per heavy atom. The van der Waals surface area contributed by atoms with Crippen LogP contribution in [0.25, 0.3) is 0 Å². The van der Waals surface area contributed by atoms with Crippen LogP contribution in [-0.4, -0.2) is 30.3 Å². The third-order valence-electron chi connectivity index (χ3n) is 2.69. The molecule has 0 heterocycles. The number of anilines is 1. The van der Waals surface area contributed by atoms with Crippen molar-refractivity contribution in [2.75, 3.05) is 11.9 Å². The molecule has 0 fully saturated rings. The Balaban J connectivity index is 0.00000441. The Kier molecular flexibility index (Phi) is 8.81. The predicted octanol–water partition coefficient (Wildman–Crippen LogP) is 0.389. The fraction of sp³-hybridized carbons (Fsp3) is 0.357. The van der Waals surface area contributed by atoms with Crippen molar-refractivity contribution in [3.63, 3.8) is 0 Å². The van der Waals surface area contributed by atoms with Crippen LogP contribution in [0.15, 0.2) is 24.3 Å². The van der Waals surface area contributed by atoms with Crippen LogP contribution >= 0.6 is 12.4 Å². The summed E-state index contributed by atoms with van der Waals surface area (Å²) in [5.74, 6) is -1.39. The number of carbonyl (C=O) groups is 3. The SMILES string of the molecule is CCCNC(=O)c1cccc(NC(=O)C(N)CC(N)=O)c1.Cl. The highest BCUT2D eigenvalue weighted by molar-refractivity contribution is 5.99. The minimum Gasteiger partial charge on any atom is -0.370 e. The summed E-state index contributed by atoms with van der Waals surface area (Å²) < 4.78 is 0. The fourth-order valence-corrected chi connectivity index (χ4v) is 1.62. The van der Waals surface area contributed by atoms with Gasteiger partial charge in [-0.25, -0.2) is 0 Å². The summed E-state index contributed by atoms with van der Waals surface area (Å²) in [4.78, 5) is 34.3. The summed E-state index contributed by atoms with van der Waals surface area (Å²) in [6.07, 6.45) is 0.604. The van der Waals surface area contributed by atoms with Crippen LogP contribution < -0.4 is 22.1 Å². The lowest BCUT2D eigenvalue weighted by Crippen LogP contribution is -2.39. The van der Waals surface area contributed by atoms with Crippen LogP contribution in [0.1, 0.15) is 30.1 Å². The summed E-state index contributed by atoms with van der Waals surface area (Å²) in [5.41, 5.74) is 11.4. The zero-order valence-electron chi connectivity index (χ0n) is 12.3. The normalized spacial score (nSPS) is 11.0. The Labute approximate surface area is 135 Å². The highest BCUT2D eigenvalue weighted by atomic mass is 35.5. The molecule has 0 aliphatic carbocycles. The van der Waals surface area contributed by atoms with Gasteiger partial charge in [-0.15, -0.1) is 12.4 Å². The molecule has 0 aliphatic heterocycles. The quantitative estimate of drug-likeness (QED) is 0.577. The predicted molar refractivity (Wildman–Crippen MR) is 86.7 cm³/mol. The second-order valence-corrected chi connectivity index (χ2v) is 4.60. The molecule has 22 heavy (non-hydrogen) atoms. The molecule has 1 unspecified atom stereocenters. The van der Waals surface area contributed by atoms with Gasteiger partial charge >= 0.3 is 0 Å². The number of hydrogen-bond donors (Lipinski definition) is 4. The number of nitrogens with two attached hydrogens (primary N) is 2.